The van der Waals surface area contributed by atoms with Crippen molar-refractivity contribution in [3.63, 3.8) is 0 Å². The maximum atomic E-state index is 6.55. The molecule has 1 aromatic heterocycles. The lowest BCUT2D eigenvalue weighted by Gasteiger charge is -2.34. The minimum atomic E-state index is 0.372. The average molecular weight is 578 g/mol. The Balaban J connectivity index is 1.48. The van der Waals surface area contributed by atoms with Crippen LogP contribution < -0.4 is 5.46 Å². The molecule has 2 radical (unpaired) electrons. The van der Waals surface area contributed by atoms with Crippen molar-refractivity contribution in [2.24, 2.45) is 17.8 Å². The van der Waals surface area contributed by atoms with Gasteiger partial charge in [-0.25, -0.2) is 0 Å². The average Bonchev–Trinajstić information content (AvgIpc) is 3.14. The van der Waals surface area contributed by atoms with Gasteiger partial charge in [0.05, 0.1) is 0 Å². The van der Waals surface area contributed by atoms with E-state index in [1.54, 1.807) is 0 Å². The standard InChI is InChI=1S/C42H48BN/c1-8-11-20-35-30(6)26-39(43)37-24-23-34(31(7)42(35)37)29(5)25-28(4)32-17-16-22-41-38(27-32)36(21-12-9-2)40(10-3)44(41)33-18-14-13-15-19-33/h8,11-21,25-26,29,32,34H,1,7,9-10,22-24,27H2,2-6H3/b20-11-,21-12-,28-25+. The van der Waals surface area contributed by atoms with Gasteiger partial charge in [0, 0.05) is 29.4 Å². The maximum Gasteiger partial charge on any atom is 0.114 e. The Kier molecular flexibility index (Phi) is 9.99. The lowest BCUT2D eigenvalue weighted by atomic mass is 9.68. The molecule has 0 spiro atoms. The van der Waals surface area contributed by atoms with Crippen LogP contribution in [0.25, 0.3) is 23.4 Å². The summed E-state index contributed by atoms with van der Waals surface area (Å²) in [4.78, 5) is 0. The first-order chi connectivity index (χ1) is 21.3. The van der Waals surface area contributed by atoms with Gasteiger partial charge >= 0.3 is 0 Å². The second kappa shape index (κ2) is 13.9. The van der Waals surface area contributed by atoms with Crippen molar-refractivity contribution in [2.75, 3.05) is 0 Å². The van der Waals surface area contributed by atoms with Crippen molar-refractivity contribution in [3.05, 3.63) is 136 Å². The molecule has 0 N–H and O–H groups in total. The zero-order valence-corrected chi connectivity index (χ0v) is 27.5. The van der Waals surface area contributed by atoms with Crippen LogP contribution in [0.1, 0.15) is 85.3 Å². The molecule has 1 nitrogen and oxygen atoms in total. The highest BCUT2D eigenvalue weighted by molar-refractivity contribution is 6.34. The smallest absolute Gasteiger partial charge is 0.114 e. The molecule has 0 saturated carbocycles. The van der Waals surface area contributed by atoms with E-state index in [0.29, 0.717) is 17.8 Å². The second-order valence-electron chi connectivity index (χ2n) is 12.6. The van der Waals surface area contributed by atoms with E-state index >= 15 is 0 Å². The minimum absolute atomic E-state index is 0.372. The van der Waals surface area contributed by atoms with Gasteiger partial charge < -0.3 is 4.57 Å². The van der Waals surface area contributed by atoms with Crippen LogP contribution in [0, 0.1) is 24.7 Å². The molecule has 44 heavy (non-hydrogen) atoms. The van der Waals surface area contributed by atoms with Gasteiger partial charge in [-0.05, 0) is 109 Å². The van der Waals surface area contributed by atoms with Gasteiger partial charge in [0.15, 0.2) is 0 Å². The summed E-state index contributed by atoms with van der Waals surface area (Å²) >= 11 is 0. The number of allylic oxidation sites excluding steroid dienone is 8. The molecule has 5 rings (SSSR count). The quantitative estimate of drug-likeness (QED) is 0.136. The Bertz CT molecular complexity index is 1660. The highest BCUT2D eigenvalue weighted by Crippen LogP contribution is 2.42. The van der Waals surface area contributed by atoms with Crippen molar-refractivity contribution >= 4 is 31.0 Å². The Morgan fingerprint density at radius 2 is 1.89 bits per heavy atom. The van der Waals surface area contributed by atoms with Crippen molar-refractivity contribution in [1.29, 1.82) is 0 Å². The molecule has 2 aliphatic rings. The molecule has 3 aromatic rings. The van der Waals surface area contributed by atoms with Crippen LogP contribution >= 0.6 is 0 Å². The number of rotatable bonds is 9. The van der Waals surface area contributed by atoms with Crippen LogP contribution in [-0.4, -0.2) is 12.4 Å². The van der Waals surface area contributed by atoms with Crippen molar-refractivity contribution in [3.8, 4) is 5.69 Å². The lowest BCUT2D eigenvalue weighted by molar-refractivity contribution is 0.476. The number of aromatic nitrogens is 1. The number of para-hydroxylation sites is 1. The third-order valence-corrected chi connectivity index (χ3v) is 9.83. The van der Waals surface area contributed by atoms with E-state index in [2.05, 4.69) is 119 Å². The first kappa shape index (κ1) is 31.6. The highest BCUT2D eigenvalue weighted by atomic mass is 15.0. The molecule has 0 amide bonds. The van der Waals surface area contributed by atoms with Crippen LogP contribution in [0.15, 0.2) is 91.6 Å². The monoisotopic (exact) mass is 577 g/mol. The third kappa shape index (κ3) is 6.09. The molecule has 3 unspecified atom stereocenters. The summed E-state index contributed by atoms with van der Waals surface area (Å²) in [5.41, 5.74) is 15.6. The molecule has 2 aliphatic carbocycles. The third-order valence-electron chi connectivity index (χ3n) is 9.83. The number of hydrogen-bond acceptors (Lipinski definition) is 0. The summed E-state index contributed by atoms with van der Waals surface area (Å²) in [6.45, 7) is 20.0. The van der Waals surface area contributed by atoms with Crippen LogP contribution in [-0.2, 0) is 25.7 Å². The predicted molar refractivity (Wildman–Crippen MR) is 194 cm³/mol. The van der Waals surface area contributed by atoms with E-state index < -0.39 is 0 Å². The zero-order valence-electron chi connectivity index (χ0n) is 27.5. The molecule has 224 valence electrons. The fourth-order valence-electron chi connectivity index (χ4n) is 7.62. The van der Waals surface area contributed by atoms with E-state index in [4.69, 9.17) is 14.4 Å². The highest BCUT2D eigenvalue weighted by Gasteiger charge is 2.30. The molecule has 2 aromatic carbocycles. The molecule has 3 atom stereocenters. The summed E-state index contributed by atoms with van der Waals surface area (Å²) < 4.78 is 2.54. The Labute approximate surface area is 267 Å². The van der Waals surface area contributed by atoms with Gasteiger partial charge in [-0.1, -0.05) is 118 Å². The number of benzene rings is 2. The molecule has 2 heteroatoms. The number of hydrogen-bond donors (Lipinski definition) is 0. The van der Waals surface area contributed by atoms with Crippen molar-refractivity contribution in [1.82, 2.24) is 4.57 Å². The van der Waals surface area contributed by atoms with E-state index in [1.165, 1.54) is 61.6 Å². The number of aryl methyl sites for hydroxylation is 1. The van der Waals surface area contributed by atoms with Crippen molar-refractivity contribution < 1.29 is 0 Å². The summed E-state index contributed by atoms with van der Waals surface area (Å²) in [7, 11) is 6.55. The largest absolute Gasteiger partial charge is 0.317 e. The van der Waals surface area contributed by atoms with Crippen LogP contribution in [0.3, 0.4) is 0 Å². The van der Waals surface area contributed by atoms with Crippen LogP contribution in [0.4, 0.5) is 0 Å². The van der Waals surface area contributed by atoms with E-state index in [-0.39, 0.29) is 0 Å². The number of fused-ring (bicyclic) bond motifs is 2. The SMILES string of the molecule is [B]c1cc(C)c(/C=C\C=C)c2c1CCC(C(C)/C=C(\C)C1C=CCc3c(c(/C=C\CC)c(CC)n3-c3ccccc3)C1)C2=C. The first-order valence-corrected chi connectivity index (χ1v) is 16.5. The summed E-state index contributed by atoms with van der Waals surface area (Å²) in [5.74, 6) is 1.13. The second-order valence-corrected chi connectivity index (χ2v) is 12.6. The predicted octanol–water partition coefficient (Wildman–Crippen LogP) is 9.89. The Morgan fingerprint density at radius 1 is 1.11 bits per heavy atom. The van der Waals surface area contributed by atoms with E-state index in [0.717, 1.165) is 44.0 Å². The summed E-state index contributed by atoms with van der Waals surface area (Å²) in [6.07, 6.45) is 24.2. The fraction of sp³-hybridized carbons (Fsp3) is 0.333. The summed E-state index contributed by atoms with van der Waals surface area (Å²) in [6, 6.07) is 13.0. The van der Waals surface area contributed by atoms with E-state index in [1.807, 2.05) is 12.2 Å². The Morgan fingerprint density at radius 3 is 2.59 bits per heavy atom. The van der Waals surface area contributed by atoms with Gasteiger partial charge in [0.2, 0.25) is 0 Å². The van der Waals surface area contributed by atoms with Crippen molar-refractivity contribution in [2.45, 2.75) is 73.1 Å². The fourth-order valence-corrected chi connectivity index (χ4v) is 7.62. The van der Waals surface area contributed by atoms with Gasteiger partial charge in [-0.2, -0.15) is 0 Å². The van der Waals surface area contributed by atoms with Crippen LogP contribution in [0.2, 0.25) is 0 Å². The van der Waals surface area contributed by atoms with Gasteiger partial charge in [0.25, 0.3) is 0 Å². The molecule has 0 saturated heterocycles. The topological polar surface area (TPSA) is 4.93 Å². The maximum absolute atomic E-state index is 6.55. The van der Waals surface area contributed by atoms with Gasteiger partial charge in [-0.15, -0.1) is 0 Å². The van der Waals surface area contributed by atoms with Gasteiger partial charge in [0.1, 0.15) is 7.85 Å². The Hall–Kier alpha value is -3.78. The molecule has 0 fully saturated rings. The normalized spacial score (nSPS) is 19.3. The lowest BCUT2D eigenvalue weighted by Crippen LogP contribution is -2.25. The summed E-state index contributed by atoms with van der Waals surface area (Å²) in [5, 5.41) is 0. The first-order valence-electron chi connectivity index (χ1n) is 16.5. The van der Waals surface area contributed by atoms with Crippen LogP contribution in [0.5, 0.6) is 0 Å². The van der Waals surface area contributed by atoms with Gasteiger partial charge in [-0.3, -0.25) is 0 Å². The molecular formula is C42H48BN. The molecule has 0 aliphatic heterocycles. The number of nitrogens with zero attached hydrogens (tertiary/aromatic N) is 1. The zero-order chi connectivity index (χ0) is 31.4. The minimum Gasteiger partial charge on any atom is -0.317 e. The molecular weight excluding hydrogens is 529 g/mol. The molecule has 0 bridgehead atoms. The molecule has 1 heterocycles. The van der Waals surface area contributed by atoms with E-state index in [9.17, 15) is 0 Å².